The van der Waals surface area contributed by atoms with Crippen LogP contribution in [0.5, 0.6) is 0 Å². The molecule has 0 aromatic rings. The van der Waals surface area contributed by atoms with Crippen molar-refractivity contribution in [2.24, 2.45) is 0 Å². The van der Waals surface area contributed by atoms with Gasteiger partial charge in [-0.05, 0) is 6.08 Å². The summed E-state index contributed by atoms with van der Waals surface area (Å²) in [6, 6.07) is 0. The number of alkyl halides is 3. The minimum atomic E-state index is -2.95. The lowest BCUT2D eigenvalue weighted by Gasteiger charge is -1.92. The largest absolute Gasteiger partial charge is 0.507 e. The van der Waals surface area contributed by atoms with Gasteiger partial charge >= 0.3 is 0 Å². The molecule has 0 heterocycles. The van der Waals surface area contributed by atoms with E-state index >= 15 is 0 Å². The van der Waals surface area contributed by atoms with Crippen molar-refractivity contribution in [2.75, 3.05) is 6.67 Å². The van der Waals surface area contributed by atoms with Crippen LogP contribution in [0.25, 0.3) is 0 Å². The molecule has 0 aliphatic heterocycles. The van der Waals surface area contributed by atoms with Crippen molar-refractivity contribution in [3.8, 4) is 0 Å². The van der Waals surface area contributed by atoms with Crippen LogP contribution in [0.1, 0.15) is 0 Å². The van der Waals surface area contributed by atoms with Crippen LogP contribution >= 0.6 is 0 Å². The third-order valence-corrected chi connectivity index (χ3v) is 0.510. The smallest absolute Gasteiger partial charge is 0.294 e. The summed E-state index contributed by atoms with van der Waals surface area (Å²) in [7, 11) is 0. The fourth-order valence-corrected chi connectivity index (χ4v) is 0.168. The highest BCUT2D eigenvalue weighted by molar-refractivity contribution is 4.92. The zero-order valence-electron chi connectivity index (χ0n) is 3.94. The third-order valence-electron chi connectivity index (χ3n) is 0.510. The van der Waals surface area contributed by atoms with Gasteiger partial charge in [0.1, 0.15) is 6.67 Å². The Balaban J connectivity index is 3.61. The van der Waals surface area contributed by atoms with Crippen molar-refractivity contribution in [3.05, 3.63) is 11.8 Å². The maximum absolute atomic E-state index is 11.1. The first-order valence-electron chi connectivity index (χ1n) is 1.91. The Kier molecular flexibility index (Phi) is 3.07. The highest BCUT2D eigenvalue weighted by atomic mass is 19.3. The van der Waals surface area contributed by atoms with Crippen LogP contribution in [0.2, 0.25) is 0 Å². The number of halogens is 3. The van der Waals surface area contributed by atoms with E-state index in [1.165, 1.54) is 0 Å². The number of allylic oxidation sites excluding steroid dienone is 2. The summed E-state index contributed by atoms with van der Waals surface area (Å²) in [6.45, 7) is -1.06. The Labute approximate surface area is 44.4 Å². The number of rotatable bonds is 2. The standard InChI is InChI=1S/C4H5F3O/c5-2-1-3(8)4(6)7/h1,4,8H,2H2. The fourth-order valence-electron chi connectivity index (χ4n) is 0.168. The lowest BCUT2D eigenvalue weighted by molar-refractivity contribution is 0.128. The summed E-state index contributed by atoms with van der Waals surface area (Å²) in [5.74, 6) is -1.20. The minimum Gasteiger partial charge on any atom is -0.507 e. The molecule has 0 saturated carbocycles. The van der Waals surface area contributed by atoms with Gasteiger partial charge in [-0.3, -0.25) is 0 Å². The minimum absolute atomic E-state index is 0.421. The monoisotopic (exact) mass is 126 g/mol. The van der Waals surface area contributed by atoms with E-state index in [4.69, 9.17) is 5.11 Å². The molecule has 4 heteroatoms. The van der Waals surface area contributed by atoms with Crippen LogP contribution in [-0.2, 0) is 0 Å². The van der Waals surface area contributed by atoms with Crippen molar-refractivity contribution in [1.29, 1.82) is 0 Å². The van der Waals surface area contributed by atoms with Gasteiger partial charge in [-0.25, -0.2) is 13.2 Å². The summed E-state index contributed by atoms with van der Waals surface area (Å²) in [5.41, 5.74) is 0. The van der Waals surface area contributed by atoms with Crippen molar-refractivity contribution < 1.29 is 18.3 Å². The fraction of sp³-hybridized carbons (Fsp3) is 0.500. The predicted molar refractivity (Wildman–Crippen MR) is 22.7 cm³/mol. The SMILES string of the molecule is OC(=CCF)C(F)F. The van der Waals surface area contributed by atoms with E-state index in [0.717, 1.165) is 0 Å². The van der Waals surface area contributed by atoms with Crippen molar-refractivity contribution in [3.63, 3.8) is 0 Å². The van der Waals surface area contributed by atoms with Crippen LogP contribution in [0, 0.1) is 0 Å². The van der Waals surface area contributed by atoms with Gasteiger partial charge < -0.3 is 5.11 Å². The Hall–Kier alpha value is -0.670. The third kappa shape index (κ3) is 2.49. The molecule has 0 radical (unpaired) electrons. The number of aliphatic hydroxyl groups is 1. The topological polar surface area (TPSA) is 20.2 Å². The molecule has 0 saturated heterocycles. The summed E-state index contributed by atoms with van der Waals surface area (Å²) in [4.78, 5) is 0. The van der Waals surface area contributed by atoms with Crippen LogP contribution in [0.15, 0.2) is 11.8 Å². The van der Waals surface area contributed by atoms with Crippen LogP contribution < -0.4 is 0 Å². The molecule has 0 rings (SSSR count). The number of hydrogen-bond acceptors (Lipinski definition) is 1. The molecule has 0 aromatic carbocycles. The highest BCUT2D eigenvalue weighted by Crippen LogP contribution is 2.02. The first-order chi connectivity index (χ1) is 3.68. The molecule has 0 unspecified atom stereocenters. The zero-order chi connectivity index (χ0) is 6.57. The first kappa shape index (κ1) is 7.33. The van der Waals surface area contributed by atoms with Crippen LogP contribution in [0.4, 0.5) is 13.2 Å². The quantitative estimate of drug-likeness (QED) is 0.558. The predicted octanol–water partition coefficient (Wildman–Crippen LogP) is 1.66. The molecule has 0 bridgehead atoms. The highest BCUT2D eigenvalue weighted by Gasteiger charge is 2.06. The molecule has 0 amide bonds. The van der Waals surface area contributed by atoms with Gasteiger partial charge in [0.25, 0.3) is 6.43 Å². The van der Waals surface area contributed by atoms with Gasteiger partial charge in [-0.2, -0.15) is 0 Å². The summed E-state index contributed by atoms with van der Waals surface area (Å²) in [5, 5.41) is 8.00. The van der Waals surface area contributed by atoms with Crippen molar-refractivity contribution in [2.45, 2.75) is 6.43 Å². The van der Waals surface area contributed by atoms with Gasteiger partial charge in [0.05, 0.1) is 0 Å². The second kappa shape index (κ2) is 3.35. The second-order valence-corrected chi connectivity index (χ2v) is 1.08. The van der Waals surface area contributed by atoms with Crippen molar-refractivity contribution >= 4 is 0 Å². The van der Waals surface area contributed by atoms with E-state index in [9.17, 15) is 13.2 Å². The van der Waals surface area contributed by atoms with E-state index in [2.05, 4.69) is 0 Å². The average Bonchev–Trinajstić information content (AvgIpc) is 1.67. The molecule has 0 spiro atoms. The number of aliphatic hydroxyl groups excluding tert-OH is 1. The molecule has 8 heavy (non-hydrogen) atoms. The summed E-state index contributed by atoms with van der Waals surface area (Å²) < 4.78 is 33.3. The van der Waals surface area contributed by atoms with E-state index < -0.39 is 18.9 Å². The Bertz CT molecular complexity index is 89.3. The molecule has 0 fully saturated rings. The Morgan fingerprint density at radius 2 is 2.12 bits per heavy atom. The lowest BCUT2D eigenvalue weighted by atomic mass is 10.5. The second-order valence-electron chi connectivity index (χ2n) is 1.08. The van der Waals surface area contributed by atoms with E-state index in [0.29, 0.717) is 6.08 Å². The maximum atomic E-state index is 11.1. The van der Waals surface area contributed by atoms with E-state index in [1.54, 1.807) is 0 Å². The number of hydrogen-bond donors (Lipinski definition) is 1. The molecule has 1 N–H and O–H groups in total. The normalized spacial score (nSPS) is 12.8. The molecular formula is C4H5F3O. The Morgan fingerprint density at radius 1 is 1.62 bits per heavy atom. The summed E-state index contributed by atoms with van der Waals surface area (Å²) >= 11 is 0. The van der Waals surface area contributed by atoms with E-state index in [-0.39, 0.29) is 0 Å². The molecule has 0 aromatic heterocycles. The zero-order valence-corrected chi connectivity index (χ0v) is 3.94. The maximum Gasteiger partial charge on any atom is 0.294 e. The van der Waals surface area contributed by atoms with Crippen LogP contribution in [-0.4, -0.2) is 18.2 Å². The van der Waals surface area contributed by atoms with Gasteiger partial charge in [0.2, 0.25) is 0 Å². The van der Waals surface area contributed by atoms with Crippen molar-refractivity contribution in [1.82, 2.24) is 0 Å². The molecule has 48 valence electrons. The van der Waals surface area contributed by atoms with Gasteiger partial charge in [-0.15, -0.1) is 0 Å². The van der Waals surface area contributed by atoms with Crippen LogP contribution in [0.3, 0.4) is 0 Å². The van der Waals surface area contributed by atoms with Gasteiger partial charge in [0.15, 0.2) is 5.76 Å². The molecule has 1 nitrogen and oxygen atoms in total. The molecule has 0 atom stereocenters. The van der Waals surface area contributed by atoms with E-state index in [1.807, 2.05) is 0 Å². The Morgan fingerprint density at radius 3 is 2.25 bits per heavy atom. The average molecular weight is 126 g/mol. The summed E-state index contributed by atoms with van der Waals surface area (Å²) in [6.07, 6.45) is -2.53. The van der Waals surface area contributed by atoms with Gasteiger partial charge in [-0.1, -0.05) is 0 Å². The molecule has 0 aliphatic carbocycles. The van der Waals surface area contributed by atoms with Gasteiger partial charge in [0, 0.05) is 0 Å². The lowest BCUT2D eigenvalue weighted by Crippen LogP contribution is -1.94. The molecule has 0 aliphatic rings. The first-order valence-corrected chi connectivity index (χ1v) is 1.91. The molecular weight excluding hydrogens is 121 g/mol.